The molecule has 6 heteroatoms. The van der Waals surface area contributed by atoms with E-state index < -0.39 is 4.92 Å². The molecule has 2 rings (SSSR count). The number of nitro benzene ring substituents is 1. The van der Waals surface area contributed by atoms with E-state index in [0.717, 1.165) is 12.2 Å². The van der Waals surface area contributed by atoms with Crippen LogP contribution in [0.15, 0.2) is 58.8 Å². The normalized spacial score (nSPS) is 11.2. The Balaban J connectivity index is 1.66. The molecule has 0 saturated carbocycles. The molecule has 0 saturated heterocycles. The molecule has 2 aromatic carbocycles. The summed E-state index contributed by atoms with van der Waals surface area (Å²) in [6.45, 7) is 3.32. The van der Waals surface area contributed by atoms with Crippen molar-refractivity contribution in [3.8, 4) is 0 Å². The van der Waals surface area contributed by atoms with Gasteiger partial charge in [0.15, 0.2) is 0 Å². The number of anilines is 1. The molecule has 0 spiro atoms. The fraction of sp³-hybridized carbons (Fsp3) is 0.520. The Bertz CT molecular complexity index is 788. The molecule has 0 aliphatic carbocycles. The number of nitro groups is 1. The minimum Gasteiger partial charge on any atom is -0.375 e. The second-order valence-electron chi connectivity index (χ2n) is 8.09. The van der Waals surface area contributed by atoms with E-state index in [1.807, 2.05) is 12.1 Å². The van der Waals surface area contributed by atoms with Crippen molar-refractivity contribution in [3.05, 3.63) is 58.6 Å². The quantitative estimate of drug-likeness (QED) is 0.125. The maximum absolute atomic E-state index is 10.7. The summed E-state index contributed by atoms with van der Waals surface area (Å²) in [6, 6.07) is 14.0. The molecule has 0 heterocycles. The van der Waals surface area contributed by atoms with Gasteiger partial charge in [0.2, 0.25) is 0 Å². The van der Waals surface area contributed by atoms with E-state index >= 15 is 0 Å². The van der Waals surface area contributed by atoms with Gasteiger partial charge in [-0.2, -0.15) is 10.2 Å². The lowest BCUT2D eigenvalue weighted by Gasteiger charge is -2.19. The minimum atomic E-state index is -0.425. The molecule has 0 atom stereocenters. The van der Waals surface area contributed by atoms with Gasteiger partial charge in [-0.25, -0.2) is 0 Å². The summed E-state index contributed by atoms with van der Waals surface area (Å²) in [5.74, 6) is 0. The third-order valence-corrected chi connectivity index (χ3v) is 5.48. The Morgan fingerprint density at radius 2 is 1.19 bits per heavy atom. The Hall–Kier alpha value is -2.76. The van der Waals surface area contributed by atoms with E-state index in [4.69, 9.17) is 0 Å². The van der Waals surface area contributed by atoms with Crippen LogP contribution in [0, 0.1) is 10.1 Å². The van der Waals surface area contributed by atoms with Crippen molar-refractivity contribution in [2.75, 3.05) is 18.5 Å². The number of benzene rings is 2. The smallest absolute Gasteiger partial charge is 0.269 e. The van der Waals surface area contributed by atoms with E-state index in [9.17, 15) is 10.1 Å². The van der Waals surface area contributed by atoms with E-state index in [-0.39, 0.29) is 5.69 Å². The van der Waals surface area contributed by atoms with Crippen molar-refractivity contribution in [1.29, 1.82) is 0 Å². The molecule has 0 N–H and O–H groups in total. The average Bonchev–Trinajstić information content (AvgIpc) is 2.79. The Morgan fingerprint density at radius 1 is 0.742 bits per heavy atom. The highest BCUT2D eigenvalue weighted by Crippen LogP contribution is 2.23. The van der Waals surface area contributed by atoms with Crippen LogP contribution in [0.5, 0.6) is 0 Å². The van der Waals surface area contributed by atoms with Crippen LogP contribution in [-0.4, -0.2) is 18.5 Å². The second kappa shape index (κ2) is 14.3. The topological polar surface area (TPSA) is 71.1 Å². The van der Waals surface area contributed by atoms with Crippen LogP contribution in [0.2, 0.25) is 0 Å². The summed E-state index contributed by atoms with van der Waals surface area (Å²) in [6.07, 6.45) is 13.5. The fourth-order valence-corrected chi connectivity index (χ4v) is 3.50. The summed E-state index contributed by atoms with van der Waals surface area (Å²) in [5, 5.41) is 19.1. The maximum Gasteiger partial charge on any atom is 0.269 e. The van der Waals surface area contributed by atoms with Gasteiger partial charge in [-0.05, 0) is 42.8 Å². The van der Waals surface area contributed by atoms with E-state index in [0.29, 0.717) is 5.69 Å². The molecule has 6 nitrogen and oxygen atoms in total. The SMILES string of the molecule is CCCCCCCCCCCCN(C)c1ccc(N=Nc2ccc([N+](=O)[O-])cc2)cc1. The lowest BCUT2D eigenvalue weighted by atomic mass is 10.1. The van der Waals surface area contributed by atoms with Crippen LogP contribution in [-0.2, 0) is 0 Å². The van der Waals surface area contributed by atoms with E-state index in [2.05, 4.69) is 41.2 Å². The van der Waals surface area contributed by atoms with Crippen LogP contribution in [0.25, 0.3) is 0 Å². The standard InChI is InChI=1S/C25H36N4O2/c1-3-4-5-6-7-8-9-10-11-12-21-28(2)24-17-13-22(14-18-24)26-27-23-15-19-25(20-16-23)29(30)31/h13-20H,3-12,21H2,1-2H3. The van der Waals surface area contributed by atoms with Crippen molar-refractivity contribution < 1.29 is 4.92 Å². The van der Waals surface area contributed by atoms with Gasteiger partial charge in [-0.3, -0.25) is 10.1 Å². The third kappa shape index (κ3) is 9.73. The highest BCUT2D eigenvalue weighted by Gasteiger charge is 2.04. The summed E-state index contributed by atoms with van der Waals surface area (Å²) in [5.41, 5.74) is 2.57. The monoisotopic (exact) mass is 424 g/mol. The Labute approximate surface area is 186 Å². The second-order valence-corrected chi connectivity index (χ2v) is 8.09. The van der Waals surface area contributed by atoms with Gasteiger partial charge in [-0.1, -0.05) is 64.7 Å². The number of nitrogens with zero attached hydrogens (tertiary/aromatic N) is 4. The number of hydrogen-bond acceptors (Lipinski definition) is 5. The Kier molecular flexibility index (Phi) is 11.3. The molecule has 168 valence electrons. The molecule has 0 aromatic heterocycles. The molecule has 0 radical (unpaired) electrons. The highest BCUT2D eigenvalue weighted by atomic mass is 16.6. The van der Waals surface area contributed by atoms with Gasteiger partial charge in [0.1, 0.15) is 0 Å². The van der Waals surface area contributed by atoms with Gasteiger partial charge >= 0.3 is 0 Å². The molecule has 0 unspecified atom stereocenters. The third-order valence-electron chi connectivity index (χ3n) is 5.48. The maximum atomic E-state index is 10.7. The first-order valence-electron chi connectivity index (χ1n) is 11.6. The zero-order valence-electron chi connectivity index (χ0n) is 19.0. The lowest BCUT2D eigenvalue weighted by Crippen LogP contribution is -2.18. The molecule has 31 heavy (non-hydrogen) atoms. The Morgan fingerprint density at radius 3 is 1.68 bits per heavy atom. The van der Waals surface area contributed by atoms with Crippen molar-refractivity contribution in [2.24, 2.45) is 10.2 Å². The van der Waals surface area contributed by atoms with Crippen LogP contribution in [0.3, 0.4) is 0 Å². The highest BCUT2D eigenvalue weighted by molar-refractivity contribution is 5.52. The molecule has 0 amide bonds. The van der Waals surface area contributed by atoms with Crippen LogP contribution in [0.1, 0.15) is 71.1 Å². The molecule has 0 aliphatic heterocycles. The molecule has 0 bridgehead atoms. The summed E-state index contributed by atoms with van der Waals surface area (Å²) in [7, 11) is 2.13. The van der Waals surface area contributed by atoms with Crippen LogP contribution in [0.4, 0.5) is 22.7 Å². The number of unbranched alkanes of at least 4 members (excludes halogenated alkanes) is 9. The number of non-ortho nitro benzene ring substituents is 1. The first kappa shape index (κ1) is 24.5. The van der Waals surface area contributed by atoms with E-state index in [1.54, 1.807) is 12.1 Å². The van der Waals surface area contributed by atoms with Gasteiger partial charge in [0, 0.05) is 31.4 Å². The first-order chi connectivity index (χ1) is 15.1. The minimum absolute atomic E-state index is 0.0498. The molecule has 0 aliphatic rings. The van der Waals surface area contributed by atoms with E-state index in [1.165, 1.54) is 82.0 Å². The van der Waals surface area contributed by atoms with Crippen molar-refractivity contribution in [3.63, 3.8) is 0 Å². The zero-order valence-corrected chi connectivity index (χ0v) is 19.0. The van der Waals surface area contributed by atoms with Crippen LogP contribution >= 0.6 is 0 Å². The first-order valence-corrected chi connectivity index (χ1v) is 11.6. The zero-order chi connectivity index (χ0) is 22.3. The number of rotatable bonds is 15. The largest absolute Gasteiger partial charge is 0.375 e. The molecule has 0 fully saturated rings. The van der Waals surface area contributed by atoms with Crippen molar-refractivity contribution in [1.82, 2.24) is 0 Å². The van der Waals surface area contributed by atoms with Gasteiger partial charge < -0.3 is 4.90 Å². The van der Waals surface area contributed by atoms with Gasteiger partial charge in [0.05, 0.1) is 16.3 Å². The summed E-state index contributed by atoms with van der Waals surface area (Å²) < 4.78 is 0. The molecular formula is C25H36N4O2. The van der Waals surface area contributed by atoms with Gasteiger partial charge in [0.25, 0.3) is 5.69 Å². The molecule has 2 aromatic rings. The predicted octanol–water partition coefficient (Wildman–Crippen LogP) is 8.37. The van der Waals surface area contributed by atoms with Gasteiger partial charge in [-0.15, -0.1) is 0 Å². The predicted molar refractivity (Wildman–Crippen MR) is 129 cm³/mol. The summed E-state index contributed by atoms with van der Waals surface area (Å²) in [4.78, 5) is 12.5. The number of hydrogen-bond donors (Lipinski definition) is 0. The fourth-order valence-electron chi connectivity index (χ4n) is 3.50. The average molecular weight is 425 g/mol. The lowest BCUT2D eigenvalue weighted by molar-refractivity contribution is -0.384. The number of azo groups is 1. The van der Waals surface area contributed by atoms with Crippen LogP contribution < -0.4 is 4.90 Å². The molecular weight excluding hydrogens is 388 g/mol. The summed E-state index contributed by atoms with van der Waals surface area (Å²) >= 11 is 0. The van der Waals surface area contributed by atoms with Crippen molar-refractivity contribution >= 4 is 22.7 Å². The van der Waals surface area contributed by atoms with Crippen molar-refractivity contribution in [2.45, 2.75) is 71.1 Å².